The SMILES string of the molecule is CCn1nc(CN)c2c1CCN(C)C2. The summed E-state index contributed by atoms with van der Waals surface area (Å²) in [4.78, 5) is 2.32. The van der Waals surface area contributed by atoms with Crippen LogP contribution < -0.4 is 5.73 Å². The van der Waals surface area contributed by atoms with Gasteiger partial charge in [-0.05, 0) is 14.0 Å². The summed E-state index contributed by atoms with van der Waals surface area (Å²) >= 11 is 0. The molecule has 4 nitrogen and oxygen atoms in total. The maximum Gasteiger partial charge on any atom is 0.0808 e. The zero-order chi connectivity index (χ0) is 10.1. The third-order valence-corrected chi connectivity index (χ3v) is 2.90. The zero-order valence-electron chi connectivity index (χ0n) is 8.95. The molecule has 0 radical (unpaired) electrons. The van der Waals surface area contributed by atoms with Crippen LogP contribution in [0, 0.1) is 0 Å². The molecule has 0 bridgehead atoms. The Balaban J connectivity index is 2.42. The highest BCUT2D eigenvalue weighted by Gasteiger charge is 2.21. The van der Waals surface area contributed by atoms with Gasteiger partial charge in [-0.2, -0.15) is 5.10 Å². The van der Waals surface area contributed by atoms with Crippen LogP contribution in [0.5, 0.6) is 0 Å². The number of aryl methyl sites for hydroxylation is 1. The van der Waals surface area contributed by atoms with Gasteiger partial charge in [-0.15, -0.1) is 0 Å². The molecule has 1 aliphatic rings. The second-order valence-electron chi connectivity index (χ2n) is 3.88. The fourth-order valence-corrected chi connectivity index (χ4v) is 2.12. The Morgan fingerprint density at radius 3 is 2.93 bits per heavy atom. The lowest BCUT2D eigenvalue weighted by atomic mass is 10.1. The minimum absolute atomic E-state index is 0.559. The minimum Gasteiger partial charge on any atom is -0.325 e. The van der Waals surface area contributed by atoms with Gasteiger partial charge in [0.15, 0.2) is 0 Å². The Bertz CT molecular complexity index is 329. The van der Waals surface area contributed by atoms with Crippen molar-refractivity contribution in [1.29, 1.82) is 0 Å². The molecule has 1 aromatic rings. The van der Waals surface area contributed by atoms with Crippen LogP contribution in [0.25, 0.3) is 0 Å². The molecule has 0 aromatic carbocycles. The van der Waals surface area contributed by atoms with E-state index < -0.39 is 0 Å². The maximum absolute atomic E-state index is 5.69. The Morgan fingerprint density at radius 2 is 2.29 bits per heavy atom. The molecule has 2 rings (SSSR count). The molecule has 78 valence electrons. The van der Waals surface area contributed by atoms with Crippen LogP contribution in [0.4, 0.5) is 0 Å². The third kappa shape index (κ3) is 1.44. The summed E-state index contributed by atoms with van der Waals surface area (Å²) in [5, 5.41) is 4.53. The normalized spacial score (nSPS) is 17.1. The number of nitrogens with two attached hydrogens (primary N) is 1. The Hall–Kier alpha value is -0.870. The Labute approximate surface area is 84.7 Å². The highest BCUT2D eigenvalue weighted by molar-refractivity contribution is 5.28. The van der Waals surface area contributed by atoms with Crippen molar-refractivity contribution in [3.8, 4) is 0 Å². The molecule has 0 amide bonds. The molecular formula is C10H18N4. The fraction of sp³-hybridized carbons (Fsp3) is 0.700. The predicted molar refractivity (Wildman–Crippen MR) is 55.8 cm³/mol. The fourth-order valence-electron chi connectivity index (χ4n) is 2.12. The second-order valence-corrected chi connectivity index (χ2v) is 3.88. The minimum atomic E-state index is 0.559. The van der Waals surface area contributed by atoms with E-state index in [0.717, 1.165) is 31.7 Å². The molecule has 0 saturated heterocycles. The first-order chi connectivity index (χ1) is 6.76. The average molecular weight is 194 g/mol. The average Bonchev–Trinajstić information content (AvgIpc) is 2.55. The van der Waals surface area contributed by atoms with Gasteiger partial charge in [-0.1, -0.05) is 0 Å². The molecular weight excluding hydrogens is 176 g/mol. The molecule has 0 spiro atoms. The van der Waals surface area contributed by atoms with Crippen LogP contribution in [0.15, 0.2) is 0 Å². The van der Waals surface area contributed by atoms with Crippen LogP contribution >= 0.6 is 0 Å². The summed E-state index contributed by atoms with van der Waals surface area (Å²) in [6.07, 6.45) is 1.10. The van der Waals surface area contributed by atoms with E-state index in [2.05, 4.69) is 28.7 Å². The van der Waals surface area contributed by atoms with Crippen LogP contribution in [-0.2, 0) is 26.1 Å². The third-order valence-electron chi connectivity index (χ3n) is 2.90. The summed E-state index contributed by atoms with van der Waals surface area (Å²) in [5.74, 6) is 0. The summed E-state index contributed by atoms with van der Waals surface area (Å²) in [5.41, 5.74) is 9.53. The maximum atomic E-state index is 5.69. The molecule has 0 fully saturated rings. The van der Waals surface area contributed by atoms with Gasteiger partial charge in [0, 0.05) is 43.9 Å². The molecule has 2 heterocycles. The van der Waals surface area contributed by atoms with Crippen molar-refractivity contribution < 1.29 is 0 Å². The number of fused-ring (bicyclic) bond motifs is 1. The van der Waals surface area contributed by atoms with Crippen molar-refractivity contribution in [2.45, 2.75) is 33.0 Å². The van der Waals surface area contributed by atoms with Gasteiger partial charge in [0.05, 0.1) is 5.69 Å². The van der Waals surface area contributed by atoms with Crippen molar-refractivity contribution in [3.05, 3.63) is 17.0 Å². The first-order valence-electron chi connectivity index (χ1n) is 5.22. The summed E-state index contributed by atoms with van der Waals surface area (Å²) in [6.45, 7) is 5.77. The molecule has 0 atom stereocenters. The van der Waals surface area contributed by atoms with E-state index in [4.69, 9.17) is 5.73 Å². The summed E-state index contributed by atoms with van der Waals surface area (Å²) in [7, 11) is 2.15. The number of hydrogen-bond acceptors (Lipinski definition) is 3. The van der Waals surface area contributed by atoms with Crippen molar-refractivity contribution in [2.75, 3.05) is 13.6 Å². The van der Waals surface area contributed by atoms with E-state index in [0.29, 0.717) is 6.54 Å². The lowest BCUT2D eigenvalue weighted by Crippen LogP contribution is -2.27. The van der Waals surface area contributed by atoms with Gasteiger partial charge >= 0.3 is 0 Å². The van der Waals surface area contributed by atoms with Crippen LogP contribution in [-0.4, -0.2) is 28.3 Å². The van der Waals surface area contributed by atoms with Gasteiger partial charge in [0.1, 0.15) is 0 Å². The largest absolute Gasteiger partial charge is 0.325 e. The van der Waals surface area contributed by atoms with Crippen molar-refractivity contribution >= 4 is 0 Å². The second kappa shape index (κ2) is 3.71. The van der Waals surface area contributed by atoms with Gasteiger partial charge in [-0.3, -0.25) is 4.68 Å². The van der Waals surface area contributed by atoms with E-state index in [1.54, 1.807) is 0 Å². The Kier molecular flexibility index (Phi) is 2.56. The van der Waals surface area contributed by atoms with E-state index in [-0.39, 0.29) is 0 Å². The van der Waals surface area contributed by atoms with E-state index in [1.807, 2.05) is 0 Å². The van der Waals surface area contributed by atoms with E-state index >= 15 is 0 Å². The smallest absolute Gasteiger partial charge is 0.0808 e. The van der Waals surface area contributed by atoms with Crippen molar-refractivity contribution in [2.24, 2.45) is 5.73 Å². The molecule has 0 unspecified atom stereocenters. The van der Waals surface area contributed by atoms with Gasteiger partial charge in [0.2, 0.25) is 0 Å². The molecule has 14 heavy (non-hydrogen) atoms. The molecule has 1 aliphatic heterocycles. The number of aromatic nitrogens is 2. The van der Waals surface area contributed by atoms with Crippen molar-refractivity contribution in [3.63, 3.8) is 0 Å². The van der Waals surface area contributed by atoms with Crippen LogP contribution in [0.3, 0.4) is 0 Å². The standard InChI is InChI=1S/C10H18N4/c1-3-14-10-4-5-13(2)7-8(10)9(6-11)12-14/h3-7,11H2,1-2H3. The monoisotopic (exact) mass is 194 g/mol. The van der Waals surface area contributed by atoms with Crippen LogP contribution in [0.2, 0.25) is 0 Å². The molecule has 0 aliphatic carbocycles. The first kappa shape index (κ1) is 9.68. The Morgan fingerprint density at radius 1 is 1.50 bits per heavy atom. The van der Waals surface area contributed by atoms with Crippen LogP contribution in [0.1, 0.15) is 23.9 Å². The van der Waals surface area contributed by atoms with Gasteiger partial charge in [-0.25, -0.2) is 0 Å². The highest BCUT2D eigenvalue weighted by atomic mass is 15.3. The number of likely N-dealkylation sites (N-methyl/N-ethyl adjacent to an activating group) is 1. The van der Waals surface area contributed by atoms with E-state index in [9.17, 15) is 0 Å². The number of rotatable bonds is 2. The van der Waals surface area contributed by atoms with E-state index in [1.165, 1.54) is 11.3 Å². The summed E-state index contributed by atoms with van der Waals surface area (Å²) < 4.78 is 2.10. The molecule has 1 aromatic heterocycles. The molecule has 4 heteroatoms. The predicted octanol–water partition coefficient (Wildman–Crippen LogP) is 0.350. The quantitative estimate of drug-likeness (QED) is 0.739. The van der Waals surface area contributed by atoms with Gasteiger partial charge < -0.3 is 10.6 Å². The lowest BCUT2D eigenvalue weighted by Gasteiger charge is -2.23. The lowest BCUT2D eigenvalue weighted by molar-refractivity contribution is 0.307. The molecule has 0 saturated carbocycles. The highest BCUT2D eigenvalue weighted by Crippen LogP contribution is 2.21. The molecule has 2 N–H and O–H groups in total. The number of hydrogen-bond donors (Lipinski definition) is 1. The number of nitrogens with zero attached hydrogens (tertiary/aromatic N) is 3. The summed E-state index contributed by atoms with van der Waals surface area (Å²) in [6, 6.07) is 0. The van der Waals surface area contributed by atoms with Crippen molar-refractivity contribution in [1.82, 2.24) is 14.7 Å². The van der Waals surface area contributed by atoms with Gasteiger partial charge in [0.25, 0.3) is 0 Å². The zero-order valence-corrected chi connectivity index (χ0v) is 8.95. The first-order valence-corrected chi connectivity index (χ1v) is 5.22. The topological polar surface area (TPSA) is 47.1 Å².